The van der Waals surface area contributed by atoms with Crippen LogP contribution in [-0.4, -0.2) is 45.4 Å². The number of carbonyl (C=O) groups excluding carboxylic acids is 1. The van der Waals surface area contributed by atoms with Gasteiger partial charge in [-0.15, -0.1) is 5.10 Å². The second-order valence-corrected chi connectivity index (χ2v) is 6.08. The quantitative estimate of drug-likeness (QED) is 0.929. The highest BCUT2D eigenvalue weighted by Crippen LogP contribution is 2.25. The molecular weight excluding hydrogens is 325 g/mol. The zero-order valence-corrected chi connectivity index (χ0v) is 13.3. The summed E-state index contributed by atoms with van der Waals surface area (Å²) in [4.78, 5) is 14.2. The van der Waals surface area contributed by atoms with E-state index in [1.807, 2.05) is 10.9 Å². The Morgan fingerprint density at radius 3 is 3.00 bits per heavy atom. The molecule has 116 valence electrons. The van der Waals surface area contributed by atoms with Crippen LogP contribution in [0.5, 0.6) is 0 Å². The predicted octanol–water partition coefficient (Wildman–Crippen LogP) is 2.47. The van der Waals surface area contributed by atoms with E-state index in [1.54, 1.807) is 24.4 Å². The molecule has 0 bridgehead atoms. The summed E-state index contributed by atoms with van der Waals surface area (Å²) in [6, 6.07) is 5.27. The maximum atomic E-state index is 12.1. The number of nitrogens with one attached hydrogen (secondary N) is 1. The highest BCUT2D eigenvalue weighted by Gasteiger charge is 2.25. The molecule has 3 rings (SSSR count). The SMILES string of the molecule is O=C(CN1CCC(n2ccnn2)C1)Nc1ccc(Cl)cc1Cl. The minimum atomic E-state index is -0.0940. The van der Waals surface area contributed by atoms with Crippen molar-refractivity contribution in [2.24, 2.45) is 0 Å². The lowest BCUT2D eigenvalue weighted by Crippen LogP contribution is -2.32. The van der Waals surface area contributed by atoms with Crippen LogP contribution in [0.1, 0.15) is 12.5 Å². The van der Waals surface area contributed by atoms with Gasteiger partial charge in [0.25, 0.3) is 0 Å². The number of carbonyl (C=O) groups is 1. The minimum absolute atomic E-state index is 0.0940. The summed E-state index contributed by atoms with van der Waals surface area (Å²) in [5.74, 6) is -0.0940. The Hall–Kier alpha value is -1.63. The molecule has 22 heavy (non-hydrogen) atoms. The Labute approximate surface area is 138 Å². The maximum Gasteiger partial charge on any atom is 0.238 e. The van der Waals surface area contributed by atoms with E-state index in [4.69, 9.17) is 23.2 Å². The third kappa shape index (κ3) is 3.58. The number of nitrogens with zero attached hydrogens (tertiary/aromatic N) is 4. The summed E-state index contributed by atoms with van der Waals surface area (Å²) >= 11 is 11.9. The van der Waals surface area contributed by atoms with Gasteiger partial charge in [0.05, 0.1) is 29.5 Å². The fourth-order valence-electron chi connectivity index (χ4n) is 2.57. The molecule has 1 atom stereocenters. The number of hydrogen-bond donors (Lipinski definition) is 1. The van der Waals surface area contributed by atoms with Gasteiger partial charge in [-0.25, -0.2) is 4.68 Å². The van der Waals surface area contributed by atoms with Crippen LogP contribution in [0, 0.1) is 0 Å². The summed E-state index contributed by atoms with van der Waals surface area (Å²) in [5.41, 5.74) is 0.572. The summed E-state index contributed by atoms with van der Waals surface area (Å²) < 4.78 is 1.84. The summed E-state index contributed by atoms with van der Waals surface area (Å²) in [6.07, 6.45) is 4.47. The highest BCUT2D eigenvalue weighted by molar-refractivity contribution is 6.36. The van der Waals surface area contributed by atoms with Gasteiger partial charge in [0, 0.05) is 24.3 Å². The summed E-state index contributed by atoms with van der Waals surface area (Å²) in [6.45, 7) is 1.96. The molecule has 0 saturated carbocycles. The molecule has 1 aliphatic heterocycles. The van der Waals surface area contributed by atoms with Crippen molar-refractivity contribution in [2.75, 3.05) is 25.0 Å². The first kappa shape index (κ1) is 15.3. The maximum absolute atomic E-state index is 12.1. The molecule has 1 amide bonds. The Morgan fingerprint density at radius 1 is 1.41 bits per heavy atom. The largest absolute Gasteiger partial charge is 0.324 e. The molecule has 2 heterocycles. The number of rotatable bonds is 4. The smallest absolute Gasteiger partial charge is 0.238 e. The minimum Gasteiger partial charge on any atom is -0.324 e. The number of hydrogen-bond acceptors (Lipinski definition) is 4. The van der Waals surface area contributed by atoms with Crippen LogP contribution in [0.3, 0.4) is 0 Å². The van der Waals surface area contributed by atoms with Gasteiger partial charge in [-0.1, -0.05) is 28.4 Å². The van der Waals surface area contributed by atoms with Crippen molar-refractivity contribution in [1.82, 2.24) is 19.9 Å². The number of aromatic nitrogens is 3. The van der Waals surface area contributed by atoms with Crippen LogP contribution in [0.25, 0.3) is 0 Å². The number of halogens is 2. The molecule has 1 fully saturated rings. The van der Waals surface area contributed by atoms with Crippen LogP contribution >= 0.6 is 23.2 Å². The van der Waals surface area contributed by atoms with Gasteiger partial charge in [0.1, 0.15) is 0 Å². The van der Waals surface area contributed by atoms with Gasteiger partial charge in [-0.2, -0.15) is 0 Å². The number of amides is 1. The second kappa shape index (κ2) is 6.64. The van der Waals surface area contributed by atoms with E-state index in [0.717, 1.165) is 19.5 Å². The van der Waals surface area contributed by atoms with Crippen molar-refractivity contribution in [1.29, 1.82) is 0 Å². The van der Waals surface area contributed by atoms with E-state index in [0.29, 0.717) is 22.3 Å². The molecule has 1 aromatic carbocycles. The van der Waals surface area contributed by atoms with Crippen molar-refractivity contribution in [3.8, 4) is 0 Å². The van der Waals surface area contributed by atoms with Gasteiger partial charge < -0.3 is 5.32 Å². The molecule has 1 unspecified atom stereocenters. The van der Waals surface area contributed by atoms with E-state index in [-0.39, 0.29) is 11.9 Å². The summed E-state index contributed by atoms with van der Waals surface area (Å²) in [5, 5.41) is 11.6. The molecular formula is C14H15Cl2N5O. The topological polar surface area (TPSA) is 63.1 Å². The van der Waals surface area contributed by atoms with Gasteiger partial charge in [0.2, 0.25) is 5.91 Å². The molecule has 0 aliphatic carbocycles. The first-order valence-corrected chi connectivity index (χ1v) is 7.70. The van der Waals surface area contributed by atoms with Gasteiger partial charge in [0.15, 0.2) is 0 Å². The van der Waals surface area contributed by atoms with Gasteiger partial charge in [-0.3, -0.25) is 9.69 Å². The third-order valence-corrected chi connectivity index (χ3v) is 4.18. The van der Waals surface area contributed by atoms with Crippen molar-refractivity contribution in [2.45, 2.75) is 12.5 Å². The number of anilines is 1. The van der Waals surface area contributed by atoms with Crippen LogP contribution < -0.4 is 5.32 Å². The Morgan fingerprint density at radius 2 is 2.27 bits per heavy atom. The van der Waals surface area contributed by atoms with Crippen molar-refractivity contribution < 1.29 is 4.79 Å². The lowest BCUT2D eigenvalue weighted by molar-refractivity contribution is -0.117. The first-order valence-electron chi connectivity index (χ1n) is 6.95. The normalized spacial score (nSPS) is 18.5. The zero-order chi connectivity index (χ0) is 15.5. The molecule has 8 heteroatoms. The summed E-state index contributed by atoms with van der Waals surface area (Å²) in [7, 11) is 0. The molecule has 6 nitrogen and oxygen atoms in total. The van der Waals surface area contributed by atoms with E-state index in [1.165, 1.54) is 0 Å². The molecule has 2 aromatic rings. The standard InChI is InChI=1S/C14H15Cl2N5O/c15-10-1-2-13(12(16)7-10)18-14(22)9-20-5-3-11(8-20)21-6-4-17-19-21/h1-2,4,6-7,11H,3,5,8-9H2,(H,18,22). The van der Waals surface area contributed by atoms with Gasteiger partial charge in [-0.05, 0) is 24.6 Å². The van der Waals surface area contributed by atoms with E-state index in [9.17, 15) is 4.79 Å². The highest BCUT2D eigenvalue weighted by atomic mass is 35.5. The Kier molecular flexibility index (Phi) is 4.61. The lowest BCUT2D eigenvalue weighted by atomic mass is 10.3. The van der Waals surface area contributed by atoms with E-state index in [2.05, 4.69) is 20.5 Å². The van der Waals surface area contributed by atoms with Crippen LogP contribution in [0.15, 0.2) is 30.6 Å². The van der Waals surface area contributed by atoms with Crippen LogP contribution in [0.2, 0.25) is 10.0 Å². The fourth-order valence-corrected chi connectivity index (χ4v) is 3.02. The second-order valence-electron chi connectivity index (χ2n) is 5.23. The third-order valence-electron chi connectivity index (χ3n) is 3.64. The van der Waals surface area contributed by atoms with E-state index >= 15 is 0 Å². The number of benzene rings is 1. The molecule has 1 saturated heterocycles. The average molecular weight is 340 g/mol. The van der Waals surface area contributed by atoms with Crippen molar-refractivity contribution in [3.05, 3.63) is 40.6 Å². The molecule has 0 radical (unpaired) electrons. The monoisotopic (exact) mass is 339 g/mol. The molecule has 0 spiro atoms. The Bertz CT molecular complexity index is 661. The van der Waals surface area contributed by atoms with Crippen molar-refractivity contribution in [3.63, 3.8) is 0 Å². The molecule has 1 N–H and O–H groups in total. The first-order chi connectivity index (χ1) is 10.6. The van der Waals surface area contributed by atoms with Crippen molar-refractivity contribution >= 4 is 34.8 Å². The molecule has 1 aromatic heterocycles. The molecule has 1 aliphatic rings. The van der Waals surface area contributed by atoms with Crippen LogP contribution in [-0.2, 0) is 4.79 Å². The van der Waals surface area contributed by atoms with Gasteiger partial charge >= 0.3 is 0 Å². The average Bonchev–Trinajstić information content (AvgIpc) is 3.12. The predicted molar refractivity (Wildman–Crippen MR) is 85.2 cm³/mol. The number of likely N-dealkylation sites (tertiary alicyclic amines) is 1. The Balaban J connectivity index is 1.54. The van der Waals surface area contributed by atoms with E-state index < -0.39 is 0 Å². The van der Waals surface area contributed by atoms with Crippen LogP contribution in [0.4, 0.5) is 5.69 Å². The fraction of sp³-hybridized carbons (Fsp3) is 0.357. The zero-order valence-electron chi connectivity index (χ0n) is 11.7. The lowest BCUT2D eigenvalue weighted by Gasteiger charge is -2.16.